The Morgan fingerprint density at radius 3 is 2.44 bits per heavy atom. The molecule has 1 spiro atoms. The van der Waals surface area contributed by atoms with Crippen molar-refractivity contribution >= 4 is 37.3 Å². The van der Waals surface area contributed by atoms with E-state index in [0.29, 0.717) is 22.5 Å². The normalized spacial score (nSPS) is 23.6. The van der Waals surface area contributed by atoms with E-state index >= 15 is 4.11 Å². The predicted molar refractivity (Wildman–Crippen MR) is 155 cm³/mol. The van der Waals surface area contributed by atoms with Crippen molar-refractivity contribution in [1.29, 1.82) is 0 Å². The maximum absolute atomic E-state index is 15.7. The molecule has 0 bridgehead atoms. The highest BCUT2D eigenvalue weighted by molar-refractivity contribution is 6.72. The highest BCUT2D eigenvalue weighted by Crippen LogP contribution is 2.60. The number of nitro benzene ring substituents is 1. The van der Waals surface area contributed by atoms with E-state index < -0.39 is 42.4 Å². The van der Waals surface area contributed by atoms with Gasteiger partial charge in [0, 0.05) is 47.0 Å². The van der Waals surface area contributed by atoms with E-state index in [-0.39, 0.29) is 31.2 Å². The summed E-state index contributed by atoms with van der Waals surface area (Å²) in [5.74, 6) is -1.27. The van der Waals surface area contributed by atoms with Gasteiger partial charge in [-0.25, -0.2) is 0 Å². The summed E-state index contributed by atoms with van der Waals surface area (Å²) in [7, 11) is -3.38. The number of aliphatic hydroxyl groups excluding tert-OH is 1. The molecule has 11 heteroatoms. The number of ether oxygens (including phenoxy) is 1. The number of rotatable bonds is 8. The van der Waals surface area contributed by atoms with Crippen molar-refractivity contribution in [3.63, 3.8) is 0 Å². The van der Waals surface area contributed by atoms with Crippen LogP contribution in [-0.2, 0) is 21.7 Å². The number of hydrogen-bond donors (Lipinski definition) is 2. The van der Waals surface area contributed by atoms with Gasteiger partial charge in [0.2, 0.25) is 8.41 Å². The Morgan fingerprint density at radius 1 is 1.15 bits per heavy atom. The first kappa shape index (κ1) is 28.6. The van der Waals surface area contributed by atoms with E-state index in [4.69, 9.17) is 4.74 Å². The number of nitrogens with zero attached hydrogens (tertiary/aromatic N) is 2. The van der Waals surface area contributed by atoms with Crippen molar-refractivity contribution < 1.29 is 28.5 Å². The highest BCUT2D eigenvalue weighted by atomic mass is 28.4. The summed E-state index contributed by atoms with van der Waals surface area (Å²) in [5.41, 5.74) is 0.288. The van der Waals surface area contributed by atoms with Crippen molar-refractivity contribution in [2.45, 2.75) is 50.2 Å². The minimum Gasteiger partial charge on any atom is -0.396 e. The molecule has 1 fully saturated rings. The second-order valence-electron chi connectivity index (χ2n) is 11.2. The molecular weight excluding hydrogens is 545 g/mol. The molecule has 2 heterocycles. The summed E-state index contributed by atoms with van der Waals surface area (Å²) >= 11 is 0. The molecule has 2 N–H and O–H groups in total. The maximum Gasteiger partial charge on any atom is 0.269 e. The highest BCUT2D eigenvalue weighted by Gasteiger charge is 2.66. The van der Waals surface area contributed by atoms with Crippen LogP contribution in [0.5, 0.6) is 0 Å². The second kappa shape index (κ2) is 10.8. The monoisotopic (exact) mass is 577 g/mol. The van der Waals surface area contributed by atoms with Crippen molar-refractivity contribution in [2.24, 2.45) is 5.92 Å². The van der Waals surface area contributed by atoms with Gasteiger partial charge in [-0.3, -0.25) is 19.7 Å². The quantitative estimate of drug-likeness (QED) is 0.157. The van der Waals surface area contributed by atoms with Gasteiger partial charge in [-0.2, -0.15) is 0 Å². The Balaban J connectivity index is 1.47. The van der Waals surface area contributed by atoms with Gasteiger partial charge >= 0.3 is 0 Å². The number of hydrogen-bond acceptors (Lipinski definition) is 6. The molecule has 3 aromatic rings. The number of aliphatic hydroxyl groups is 1. The van der Waals surface area contributed by atoms with Crippen LogP contribution < -0.4 is 10.2 Å². The van der Waals surface area contributed by atoms with Gasteiger partial charge < -0.3 is 24.2 Å². The number of nitrogens with one attached hydrogen (secondary N) is 1. The number of non-ortho nitro benzene ring substituents is 1. The van der Waals surface area contributed by atoms with Gasteiger partial charge in [0.15, 0.2) is 5.60 Å². The van der Waals surface area contributed by atoms with E-state index in [1.165, 1.54) is 23.1 Å². The maximum atomic E-state index is 15.7. The predicted octanol–water partition coefficient (Wildman–Crippen LogP) is 5.55. The van der Waals surface area contributed by atoms with Crippen LogP contribution >= 0.6 is 0 Å². The zero-order valence-electron chi connectivity index (χ0n) is 23.0. The van der Waals surface area contributed by atoms with Crippen LogP contribution in [0.3, 0.4) is 0 Å². The molecule has 2 amide bonds. The molecule has 2 aliphatic heterocycles. The number of halogens is 1. The molecule has 4 atom stereocenters. The number of amides is 2. The lowest BCUT2D eigenvalue weighted by atomic mass is 9.82. The molecule has 41 heavy (non-hydrogen) atoms. The summed E-state index contributed by atoms with van der Waals surface area (Å²) in [5, 5.41) is 24.2. The lowest BCUT2D eigenvalue weighted by Crippen LogP contribution is -2.45. The van der Waals surface area contributed by atoms with Crippen LogP contribution in [0.4, 0.5) is 21.2 Å². The molecule has 0 aliphatic carbocycles. The lowest BCUT2D eigenvalue weighted by Gasteiger charge is -2.31. The third-order valence-electron chi connectivity index (χ3n) is 8.16. The first-order valence-electron chi connectivity index (χ1n) is 13.5. The summed E-state index contributed by atoms with van der Waals surface area (Å²) < 4.78 is 22.1. The van der Waals surface area contributed by atoms with Gasteiger partial charge in [-0.15, -0.1) is 0 Å². The van der Waals surface area contributed by atoms with Crippen LogP contribution in [0.1, 0.15) is 34.8 Å². The second-order valence-corrected chi connectivity index (χ2v) is 14.9. The number of nitro groups is 1. The molecule has 0 saturated carbocycles. The molecule has 0 aromatic heterocycles. The fraction of sp³-hybridized carbons (Fsp3) is 0.333. The smallest absolute Gasteiger partial charge is 0.269 e. The van der Waals surface area contributed by atoms with Crippen molar-refractivity contribution in [2.75, 3.05) is 16.8 Å². The zero-order chi connectivity index (χ0) is 29.5. The minimum atomic E-state index is -3.38. The largest absolute Gasteiger partial charge is 0.396 e. The summed E-state index contributed by atoms with van der Waals surface area (Å²) in [4.78, 5) is 39.5. The van der Waals surface area contributed by atoms with Crippen LogP contribution in [0.25, 0.3) is 0 Å². The zero-order valence-corrected chi connectivity index (χ0v) is 24.0. The molecule has 3 aromatic carbocycles. The first-order chi connectivity index (χ1) is 19.5. The number of benzene rings is 3. The third-order valence-corrected chi connectivity index (χ3v) is 10.6. The Labute approximate surface area is 238 Å². The minimum absolute atomic E-state index is 0.139. The van der Waals surface area contributed by atoms with Gasteiger partial charge in [0.05, 0.1) is 23.3 Å². The molecule has 0 unspecified atom stereocenters. The van der Waals surface area contributed by atoms with Crippen LogP contribution in [0, 0.1) is 16.0 Å². The van der Waals surface area contributed by atoms with Crippen LogP contribution in [-0.4, -0.2) is 43.0 Å². The summed E-state index contributed by atoms with van der Waals surface area (Å²) in [6.07, 6.45) is -0.546. The fourth-order valence-corrected chi connectivity index (χ4v) is 8.91. The molecule has 0 radical (unpaired) electrons. The third kappa shape index (κ3) is 5.05. The Hall–Kier alpha value is -3.93. The molecule has 2 aliphatic rings. The number of carbonyl (C=O) groups is 2. The van der Waals surface area contributed by atoms with E-state index in [9.17, 15) is 24.8 Å². The Morgan fingerprint density at radius 2 is 1.83 bits per heavy atom. The van der Waals surface area contributed by atoms with Gasteiger partial charge in [-0.1, -0.05) is 37.3 Å². The SMILES string of the molecule is C[C@H]1[C@H]([Si](C)(C)F)[C@@H](CCO)O[C@]12C(=O)N(Cc1ccc(NC(=O)c3ccccc3)cc1)c1ccc([N+](=O)[O-])cc12. The molecule has 5 rings (SSSR count). The Kier molecular flexibility index (Phi) is 7.53. The number of fused-ring (bicyclic) bond motifs is 2. The summed E-state index contributed by atoms with van der Waals surface area (Å²) in [6.45, 7) is 4.79. The van der Waals surface area contributed by atoms with Crippen LogP contribution in [0.15, 0.2) is 72.8 Å². The molecule has 9 nitrogen and oxygen atoms in total. The van der Waals surface area contributed by atoms with Crippen molar-refractivity contribution in [3.8, 4) is 0 Å². The van der Waals surface area contributed by atoms with E-state index in [0.717, 1.165) is 5.56 Å². The van der Waals surface area contributed by atoms with Crippen LogP contribution in [0.2, 0.25) is 18.6 Å². The van der Waals surface area contributed by atoms with E-state index in [1.807, 2.05) is 6.07 Å². The number of carbonyl (C=O) groups excluding carboxylic acids is 2. The summed E-state index contributed by atoms with van der Waals surface area (Å²) in [6, 6.07) is 20.1. The van der Waals surface area contributed by atoms with Crippen molar-refractivity contribution in [3.05, 3.63) is 99.6 Å². The topological polar surface area (TPSA) is 122 Å². The van der Waals surface area contributed by atoms with E-state index in [1.54, 1.807) is 68.5 Å². The average molecular weight is 578 g/mol. The van der Waals surface area contributed by atoms with Gasteiger partial charge in [0.25, 0.3) is 17.5 Å². The van der Waals surface area contributed by atoms with Gasteiger partial charge in [-0.05, 0) is 55.4 Å². The average Bonchev–Trinajstić information content (AvgIpc) is 3.36. The van der Waals surface area contributed by atoms with E-state index in [2.05, 4.69) is 5.32 Å². The fourth-order valence-electron chi connectivity index (χ4n) is 6.37. The van der Waals surface area contributed by atoms with Crippen molar-refractivity contribution in [1.82, 2.24) is 0 Å². The molecule has 214 valence electrons. The number of anilines is 2. The standard InChI is InChI=1S/C30H32FN3O6Si/c1-19-27(41(2,3)31)26(15-16-35)40-30(19)24-17-23(34(38)39)13-14-25(24)33(29(30)37)18-20-9-11-22(12-10-20)32-28(36)21-7-5-4-6-8-21/h4-14,17,19,26-27,35H,15-16,18H2,1-3H3,(H,32,36)/t19-,26+,27-,30+/m0/s1. The lowest BCUT2D eigenvalue weighted by molar-refractivity contribution is -0.385. The first-order valence-corrected chi connectivity index (χ1v) is 16.5. The Bertz CT molecular complexity index is 1480. The molecular formula is C30H32FN3O6Si. The molecule has 1 saturated heterocycles. The van der Waals surface area contributed by atoms with Gasteiger partial charge in [0.1, 0.15) is 0 Å².